The van der Waals surface area contributed by atoms with Crippen LogP contribution in [0.5, 0.6) is 11.5 Å². The van der Waals surface area contributed by atoms with Crippen molar-refractivity contribution in [2.45, 2.75) is 145 Å². The van der Waals surface area contributed by atoms with Gasteiger partial charge in [-0.1, -0.05) is 19.9 Å². The standard InChI is InChI=1S/C62H69N9O27/c1-3-29-30-21-28(9-10-34(30)66-44-31(29)23-70-37(44)22-33-32(55(70)84)26-93-59(89)62(33,92)4-2)95-61(91)69-18-16-68(17-19-69)60(90)94-25-27-8-11-38(96-58-50(82)46(78)48(80)52(98-58)57(87)88)36(20-27)65-40(73)14-15-63-53(83)35(64-41(74)24-71-42(75)12-13-43(71)76)6-5-7-39(72)67-54-49(81)45(77)47(79)51(97-54)56(85)86/h8-13,20-22,35,45-52,54,58,77-82,92H,3-7,14-19,23-26H2,1-2H3,(H,63,83)(H,64,74)(H,65,73)(H,67,72)(H,85,86)(H,87,88)/t35-,45-,46-,47-,48-,49+,50+,51-,52-,54-,58+,62-/m0/s1. The summed E-state index contributed by atoms with van der Waals surface area (Å²) in [7, 11) is 0. The van der Waals surface area contributed by atoms with Crippen molar-refractivity contribution in [3.05, 3.63) is 92.8 Å². The van der Waals surface area contributed by atoms with Crippen LogP contribution in [0, 0.1) is 0 Å². The number of anilines is 1. The van der Waals surface area contributed by atoms with E-state index in [4.69, 9.17) is 33.4 Å². The van der Waals surface area contributed by atoms with E-state index >= 15 is 0 Å². The number of pyridine rings is 2. The maximum atomic E-state index is 13.8. The van der Waals surface area contributed by atoms with Gasteiger partial charge in [-0.05, 0) is 73.2 Å². The molecule has 8 amide bonds. The lowest BCUT2D eigenvalue weighted by molar-refractivity contribution is -0.271. The zero-order valence-electron chi connectivity index (χ0n) is 52.3. The second-order valence-electron chi connectivity index (χ2n) is 23.7. The summed E-state index contributed by atoms with van der Waals surface area (Å²) in [6.07, 6.45) is -21.0. The van der Waals surface area contributed by atoms with Gasteiger partial charge in [-0.15, -0.1) is 0 Å². The van der Waals surface area contributed by atoms with Crippen molar-refractivity contribution in [1.82, 2.24) is 40.2 Å². The number of fused-ring (bicyclic) bond motifs is 5. The van der Waals surface area contributed by atoms with Crippen LogP contribution in [-0.2, 0) is 93.9 Å². The largest absolute Gasteiger partial charge is 0.479 e. The monoisotopic (exact) mass is 1370 g/mol. The Kier molecular flexibility index (Phi) is 21.2. The van der Waals surface area contributed by atoms with Crippen molar-refractivity contribution in [3.63, 3.8) is 0 Å². The number of carboxylic acids is 2. The molecule has 6 aliphatic heterocycles. The molecule has 6 aliphatic rings. The lowest BCUT2D eigenvalue weighted by Crippen LogP contribution is -2.64. The third kappa shape index (κ3) is 14.6. The number of aliphatic hydroxyl groups excluding tert-OH is 6. The van der Waals surface area contributed by atoms with Crippen molar-refractivity contribution in [2.24, 2.45) is 0 Å². The molecule has 8 heterocycles. The zero-order chi connectivity index (χ0) is 70.8. The van der Waals surface area contributed by atoms with Gasteiger partial charge in [0.15, 0.2) is 24.0 Å². The molecule has 0 unspecified atom stereocenters. The highest BCUT2D eigenvalue weighted by atomic mass is 16.7. The molecule has 3 saturated heterocycles. The van der Waals surface area contributed by atoms with E-state index in [1.165, 1.54) is 32.6 Å². The van der Waals surface area contributed by atoms with Crippen LogP contribution in [0.3, 0.4) is 0 Å². The number of rotatable bonds is 22. The number of hydrogen-bond donors (Lipinski definition) is 13. The Labute approximate surface area is 553 Å². The van der Waals surface area contributed by atoms with Gasteiger partial charge in [0.1, 0.15) is 73.9 Å². The number of piperazine rings is 1. The minimum Gasteiger partial charge on any atom is -0.479 e. The van der Waals surface area contributed by atoms with Gasteiger partial charge < -0.3 is 110 Å². The molecule has 12 atom stereocenters. The molecule has 0 bridgehead atoms. The van der Waals surface area contributed by atoms with Crippen molar-refractivity contribution >= 4 is 82.1 Å². The number of aliphatic hydroxyl groups is 7. The molecule has 13 N–H and O–H groups in total. The molecule has 36 nitrogen and oxygen atoms in total. The van der Waals surface area contributed by atoms with Crippen LogP contribution in [-0.4, -0.2) is 242 Å². The summed E-state index contributed by atoms with van der Waals surface area (Å²) in [5, 5.41) is 102. The Balaban J connectivity index is 0.758. The smallest absolute Gasteiger partial charge is 0.415 e. The van der Waals surface area contributed by atoms with Gasteiger partial charge in [0, 0.05) is 74.2 Å². The van der Waals surface area contributed by atoms with Crippen LogP contribution in [0.2, 0.25) is 0 Å². The number of amides is 8. The number of cyclic esters (lactones) is 1. The number of carboxylic acid groups (broad SMARTS) is 2. The van der Waals surface area contributed by atoms with Crippen molar-refractivity contribution in [2.75, 3.05) is 44.6 Å². The van der Waals surface area contributed by atoms with Crippen molar-refractivity contribution in [1.29, 1.82) is 0 Å². The summed E-state index contributed by atoms with van der Waals surface area (Å²) in [4.78, 5) is 163. The van der Waals surface area contributed by atoms with Crippen LogP contribution in [0.25, 0.3) is 22.3 Å². The van der Waals surface area contributed by atoms with Crippen molar-refractivity contribution < 1.29 is 127 Å². The molecule has 0 radical (unpaired) electrons. The number of imide groups is 1. The Morgan fingerprint density at radius 1 is 0.745 bits per heavy atom. The molecule has 3 fully saturated rings. The third-order valence-electron chi connectivity index (χ3n) is 17.4. The molecular weight excluding hydrogens is 1300 g/mol. The molecule has 36 heteroatoms. The number of carbonyl (C=O) groups is 11. The fraction of sp³-hybridized carbons (Fsp3) is 0.468. The first-order valence-electron chi connectivity index (χ1n) is 31.0. The number of esters is 1. The number of nitrogens with one attached hydrogen (secondary N) is 4. The summed E-state index contributed by atoms with van der Waals surface area (Å²) < 4.78 is 34.3. The van der Waals surface area contributed by atoms with E-state index in [1.807, 2.05) is 6.92 Å². The van der Waals surface area contributed by atoms with E-state index in [9.17, 15) is 103 Å². The van der Waals surface area contributed by atoms with E-state index < -0.39 is 177 Å². The third-order valence-corrected chi connectivity index (χ3v) is 17.4. The number of ether oxygens (including phenoxy) is 6. The van der Waals surface area contributed by atoms with Gasteiger partial charge in [0.25, 0.3) is 17.4 Å². The van der Waals surface area contributed by atoms with E-state index in [1.54, 1.807) is 31.2 Å². The second kappa shape index (κ2) is 29.3. The highest BCUT2D eigenvalue weighted by molar-refractivity contribution is 6.14. The molecule has 524 valence electrons. The first kappa shape index (κ1) is 70.7. The fourth-order valence-corrected chi connectivity index (χ4v) is 12.0. The van der Waals surface area contributed by atoms with Gasteiger partial charge >= 0.3 is 30.1 Å². The van der Waals surface area contributed by atoms with E-state index in [0.717, 1.165) is 23.3 Å². The van der Waals surface area contributed by atoms with Crippen molar-refractivity contribution in [3.8, 4) is 22.9 Å². The van der Waals surface area contributed by atoms with E-state index in [0.29, 0.717) is 33.6 Å². The Morgan fingerprint density at radius 3 is 2.07 bits per heavy atom. The molecule has 2 aromatic heterocycles. The topological polar surface area (TPSA) is 518 Å². The fourth-order valence-electron chi connectivity index (χ4n) is 12.0. The maximum absolute atomic E-state index is 13.8. The predicted octanol–water partition coefficient (Wildman–Crippen LogP) is -3.60. The van der Waals surface area contributed by atoms with E-state index in [2.05, 4.69) is 21.3 Å². The van der Waals surface area contributed by atoms with E-state index in [-0.39, 0.29) is 92.5 Å². The van der Waals surface area contributed by atoms with Gasteiger partial charge in [-0.25, -0.2) is 29.0 Å². The lowest BCUT2D eigenvalue weighted by Gasteiger charge is -2.38. The molecular formula is C62H69N9O27. The molecule has 4 aromatic rings. The number of benzene rings is 2. The highest BCUT2D eigenvalue weighted by Crippen LogP contribution is 2.41. The minimum atomic E-state index is -2.10. The van der Waals surface area contributed by atoms with Crippen LogP contribution in [0.4, 0.5) is 15.3 Å². The average Bonchev–Trinajstić information content (AvgIpc) is 1.52. The molecule has 0 saturated carbocycles. The second-order valence-corrected chi connectivity index (χ2v) is 23.7. The zero-order valence-corrected chi connectivity index (χ0v) is 52.3. The Bertz CT molecular complexity index is 3970. The number of carbonyl (C=O) groups excluding carboxylic acids is 9. The summed E-state index contributed by atoms with van der Waals surface area (Å²) in [5.74, 6) is -9.78. The normalized spacial score (nSPS) is 25.1. The number of nitrogens with zero attached hydrogens (tertiary/aromatic N) is 5. The predicted molar refractivity (Wildman–Crippen MR) is 325 cm³/mol. The molecule has 0 aliphatic carbocycles. The highest BCUT2D eigenvalue weighted by Gasteiger charge is 2.50. The summed E-state index contributed by atoms with van der Waals surface area (Å²) in [6, 6.07) is 8.81. The average molecular weight is 1370 g/mol. The Morgan fingerprint density at radius 2 is 1.41 bits per heavy atom. The summed E-state index contributed by atoms with van der Waals surface area (Å²) in [6.45, 7) is 1.67. The number of aliphatic carboxylic acids is 2. The molecule has 10 rings (SSSR count). The van der Waals surface area contributed by atoms with Crippen LogP contribution >= 0.6 is 0 Å². The first-order valence-corrected chi connectivity index (χ1v) is 31.0. The number of aryl methyl sites for hydroxylation is 1. The SMILES string of the molecule is CCc1c2c(nc3ccc(OC(=O)N4CCN(C(=O)OCc5ccc(O[C@@H]6O[C@H](C(=O)O)[C@@H](O)[C@H](O)[C@H]6O)c(NC(=O)CCNC(=O)[C@H](CCCC(=O)N[C@H]6O[C@H](C(=O)O)[C@@H](O)[C@H](O)[C@H]6O)NC(=O)CN6C(=O)C=CC6=O)c5)CC4)cc13)-c1cc3c(c(=O)n1C2)COC(=O)[C@]3(O)CC. The lowest BCUT2D eigenvalue weighted by atomic mass is 9.86. The van der Waals surface area contributed by atoms with Gasteiger partial charge in [0.2, 0.25) is 29.9 Å². The van der Waals surface area contributed by atoms with Gasteiger partial charge in [-0.3, -0.25) is 38.5 Å². The maximum Gasteiger partial charge on any atom is 0.415 e. The number of aromatic nitrogens is 2. The quantitative estimate of drug-likeness (QED) is 0.0235. The summed E-state index contributed by atoms with van der Waals surface area (Å²) >= 11 is 0. The van der Waals surface area contributed by atoms with Gasteiger partial charge in [0.05, 0.1) is 34.7 Å². The first-order chi connectivity index (χ1) is 46.6. The number of hydrogen-bond acceptors (Lipinski definition) is 26. The molecule has 0 spiro atoms. The van der Waals surface area contributed by atoms with Crippen LogP contribution in [0.15, 0.2) is 59.4 Å². The minimum absolute atomic E-state index is 0.00478. The van der Waals surface area contributed by atoms with Crippen LogP contribution < -0.4 is 36.3 Å². The molecule has 2 aromatic carbocycles. The van der Waals surface area contributed by atoms with Gasteiger partial charge in [-0.2, -0.15) is 0 Å². The Hall–Kier alpha value is -10.1. The summed E-state index contributed by atoms with van der Waals surface area (Å²) in [5.41, 5.74) is 0.973. The molecule has 98 heavy (non-hydrogen) atoms. The van der Waals surface area contributed by atoms with Crippen LogP contribution in [0.1, 0.15) is 73.8 Å².